The second-order valence-corrected chi connectivity index (χ2v) is 5.64. The van der Waals surface area contributed by atoms with Gasteiger partial charge in [0.25, 0.3) is 5.91 Å². The summed E-state index contributed by atoms with van der Waals surface area (Å²) in [6, 6.07) is 6.21. The van der Waals surface area contributed by atoms with E-state index in [2.05, 4.69) is 0 Å². The number of likely N-dealkylation sites (tertiary alicyclic amines) is 1. The first kappa shape index (κ1) is 14.1. The first-order valence-electron chi connectivity index (χ1n) is 7.21. The van der Waals surface area contributed by atoms with E-state index < -0.39 is 5.82 Å². The lowest BCUT2D eigenvalue weighted by Crippen LogP contribution is -2.40. The molecule has 1 fully saturated rings. The molecule has 4 nitrogen and oxygen atoms in total. The minimum Gasteiger partial charge on any atom is -0.448 e. The number of furan rings is 1. The molecule has 3 rings (SSSR count). The Morgan fingerprint density at radius 3 is 2.76 bits per heavy atom. The number of piperidine rings is 1. The van der Waals surface area contributed by atoms with E-state index in [0.717, 1.165) is 12.8 Å². The van der Waals surface area contributed by atoms with Crippen LogP contribution in [0.3, 0.4) is 0 Å². The third kappa shape index (κ3) is 2.65. The molecule has 1 saturated heterocycles. The minimum atomic E-state index is -0.459. The minimum absolute atomic E-state index is 0.125. The molecule has 1 aromatic heterocycles. The Labute approximate surface area is 122 Å². The third-order valence-corrected chi connectivity index (χ3v) is 4.22. The van der Waals surface area contributed by atoms with E-state index in [9.17, 15) is 14.3 Å². The summed E-state index contributed by atoms with van der Waals surface area (Å²) in [6.07, 6.45) is 1.21. The SMILES string of the molecule is CC(O)C1CCN(C(=O)c2cc3cccc(F)c3o2)CC1. The molecule has 2 aromatic rings. The van der Waals surface area contributed by atoms with E-state index in [1.54, 1.807) is 30.0 Å². The largest absolute Gasteiger partial charge is 0.448 e. The molecule has 1 atom stereocenters. The van der Waals surface area contributed by atoms with Crippen molar-refractivity contribution in [3.8, 4) is 0 Å². The normalized spacial score (nSPS) is 18.1. The summed E-state index contributed by atoms with van der Waals surface area (Å²) in [4.78, 5) is 14.1. The van der Waals surface area contributed by atoms with Gasteiger partial charge in [-0.3, -0.25) is 4.79 Å². The fourth-order valence-electron chi connectivity index (χ4n) is 2.87. The molecule has 1 aliphatic rings. The van der Waals surface area contributed by atoms with E-state index in [1.807, 2.05) is 0 Å². The van der Waals surface area contributed by atoms with E-state index >= 15 is 0 Å². The highest BCUT2D eigenvalue weighted by molar-refractivity contribution is 5.96. The number of rotatable bonds is 2. The van der Waals surface area contributed by atoms with Crippen LogP contribution in [0.4, 0.5) is 4.39 Å². The second kappa shape index (κ2) is 5.48. The van der Waals surface area contributed by atoms with Crippen LogP contribution in [-0.2, 0) is 0 Å². The molecule has 2 heterocycles. The molecule has 21 heavy (non-hydrogen) atoms. The third-order valence-electron chi connectivity index (χ3n) is 4.22. The van der Waals surface area contributed by atoms with Crippen molar-refractivity contribution in [2.45, 2.75) is 25.9 Å². The van der Waals surface area contributed by atoms with Crippen LogP contribution in [0.15, 0.2) is 28.7 Å². The first-order valence-corrected chi connectivity index (χ1v) is 7.21. The molecular weight excluding hydrogens is 273 g/mol. The Morgan fingerprint density at radius 1 is 1.43 bits per heavy atom. The highest BCUT2D eigenvalue weighted by Crippen LogP contribution is 2.25. The van der Waals surface area contributed by atoms with Crippen molar-refractivity contribution in [2.24, 2.45) is 5.92 Å². The standard InChI is InChI=1S/C16H18FNO3/c1-10(19)11-5-7-18(8-6-11)16(20)14-9-12-3-2-4-13(17)15(12)21-14/h2-4,9-11,19H,5-8H2,1H3. The Bertz CT molecular complexity index is 657. The number of hydrogen-bond donors (Lipinski definition) is 1. The number of carbonyl (C=O) groups is 1. The molecule has 0 aliphatic carbocycles. The van der Waals surface area contributed by atoms with Gasteiger partial charge < -0.3 is 14.4 Å². The zero-order valence-corrected chi connectivity index (χ0v) is 11.9. The number of carbonyl (C=O) groups excluding carboxylic acids is 1. The molecule has 1 amide bonds. The lowest BCUT2D eigenvalue weighted by atomic mass is 9.92. The van der Waals surface area contributed by atoms with E-state index in [-0.39, 0.29) is 29.3 Å². The lowest BCUT2D eigenvalue weighted by Gasteiger charge is -2.32. The number of halogens is 1. The molecule has 0 spiro atoms. The fraction of sp³-hybridized carbons (Fsp3) is 0.438. The number of fused-ring (bicyclic) bond motifs is 1. The Kier molecular flexibility index (Phi) is 3.68. The van der Waals surface area contributed by atoms with Crippen molar-refractivity contribution in [3.05, 3.63) is 35.8 Å². The van der Waals surface area contributed by atoms with Crippen LogP contribution in [0, 0.1) is 11.7 Å². The lowest BCUT2D eigenvalue weighted by molar-refractivity contribution is 0.0500. The molecule has 0 radical (unpaired) electrons. The van der Waals surface area contributed by atoms with Crippen LogP contribution in [0.5, 0.6) is 0 Å². The van der Waals surface area contributed by atoms with Gasteiger partial charge in [0.2, 0.25) is 0 Å². The number of benzene rings is 1. The molecule has 1 aromatic carbocycles. The monoisotopic (exact) mass is 291 g/mol. The zero-order chi connectivity index (χ0) is 15.0. The molecule has 1 N–H and O–H groups in total. The van der Waals surface area contributed by atoms with Crippen LogP contribution >= 0.6 is 0 Å². The van der Waals surface area contributed by atoms with Gasteiger partial charge >= 0.3 is 0 Å². The van der Waals surface area contributed by atoms with Gasteiger partial charge in [-0.05, 0) is 37.8 Å². The van der Waals surface area contributed by atoms with Gasteiger partial charge in [0, 0.05) is 18.5 Å². The summed E-state index contributed by atoms with van der Waals surface area (Å²) >= 11 is 0. The maximum atomic E-state index is 13.6. The predicted molar refractivity (Wildman–Crippen MR) is 76.5 cm³/mol. The highest BCUT2D eigenvalue weighted by atomic mass is 19.1. The average Bonchev–Trinajstić information content (AvgIpc) is 2.92. The van der Waals surface area contributed by atoms with Crippen LogP contribution in [0.1, 0.15) is 30.3 Å². The molecular formula is C16H18FNO3. The van der Waals surface area contributed by atoms with Gasteiger partial charge in [-0.1, -0.05) is 12.1 Å². The molecule has 112 valence electrons. The van der Waals surface area contributed by atoms with Crippen LogP contribution in [-0.4, -0.2) is 35.1 Å². The summed E-state index contributed by atoms with van der Waals surface area (Å²) in [5.41, 5.74) is 0.125. The van der Waals surface area contributed by atoms with Crippen molar-refractivity contribution in [3.63, 3.8) is 0 Å². The van der Waals surface area contributed by atoms with Crippen LogP contribution in [0.2, 0.25) is 0 Å². The van der Waals surface area contributed by atoms with Gasteiger partial charge in [-0.15, -0.1) is 0 Å². The molecule has 0 bridgehead atoms. The topological polar surface area (TPSA) is 53.7 Å². The maximum absolute atomic E-state index is 13.6. The van der Waals surface area contributed by atoms with Gasteiger partial charge in [0.05, 0.1) is 6.10 Å². The van der Waals surface area contributed by atoms with Crippen LogP contribution < -0.4 is 0 Å². The Morgan fingerprint density at radius 2 is 2.14 bits per heavy atom. The average molecular weight is 291 g/mol. The van der Waals surface area contributed by atoms with E-state index in [1.165, 1.54) is 6.07 Å². The van der Waals surface area contributed by atoms with Gasteiger partial charge in [0.1, 0.15) is 0 Å². The van der Waals surface area contributed by atoms with Gasteiger partial charge in [0.15, 0.2) is 17.2 Å². The molecule has 1 aliphatic heterocycles. The van der Waals surface area contributed by atoms with Crippen molar-refractivity contribution < 1.29 is 18.7 Å². The summed E-state index contributed by atoms with van der Waals surface area (Å²) < 4.78 is 19.0. The quantitative estimate of drug-likeness (QED) is 0.925. The number of hydrogen-bond acceptors (Lipinski definition) is 3. The number of nitrogens with zero attached hydrogens (tertiary/aromatic N) is 1. The second-order valence-electron chi connectivity index (χ2n) is 5.64. The Hall–Kier alpha value is -1.88. The maximum Gasteiger partial charge on any atom is 0.289 e. The highest BCUT2D eigenvalue weighted by Gasteiger charge is 2.27. The summed E-state index contributed by atoms with van der Waals surface area (Å²) in [5.74, 6) is -0.262. The number of aliphatic hydroxyl groups is 1. The summed E-state index contributed by atoms with van der Waals surface area (Å²) in [6.45, 7) is 2.96. The van der Waals surface area contributed by atoms with Gasteiger partial charge in [-0.2, -0.15) is 0 Å². The van der Waals surface area contributed by atoms with Crippen molar-refractivity contribution in [2.75, 3.05) is 13.1 Å². The summed E-state index contributed by atoms with van der Waals surface area (Å²) in [7, 11) is 0. The van der Waals surface area contributed by atoms with Gasteiger partial charge in [-0.25, -0.2) is 4.39 Å². The Balaban J connectivity index is 1.77. The summed E-state index contributed by atoms with van der Waals surface area (Å²) in [5, 5.41) is 10.2. The van der Waals surface area contributed by atoms with Crippen molar-refractivity contribution in [1.82, 2.24) is 4.90 Å². The van der Waals surface area contributed by atoms with E-state index in [0.29, 0.717) is 18.5 Å². The van der Waals surface area contributed by atoms with Crippen LogP contribution in [0.25, 0.3) is 11.0 Å². The van der Waals surface area contributed by atoms with Crippen molar-refractivity contribution >= 4 is 16.9 Å². The zero-order valence-electron chi connectivity index (χ0n) is 11.9. The van der Waals surface area contributed by atoms with Crippen molar-refractivity contribution in [1.29, 1.82) is 0 Å². The number of amides is 1. The fourth-order valence-corrected chi connectivity index (χ4v) is 2.87. The molecule has 1 unspecified atom stereocenters. The van der Waals surface area contributed by atoms with E-state index in [4.69, 9.17) is 4.42 Å². The first-order chi connectivity index (χ1) is 10.1. The predicted octanol–water partition coefficient (Wildman–Crippen LogP) is 2.80. The molecule has 5 heteroatoms. The smallest absolute Gasteiger partial charge is 0.289 e. The number of aliphatic hydroxyl groups excluding tert-OH is 1. The molecule has 0 saturated carbocycles. The number of para-hydroxylation sites is 1.